The highest BCUT2D eigenvalue weighted by atomic mass is 32.2. The van der Waals surface area contributed by atoms with Crippen LogP contribution in [0.5, 0.6) is 0 Å². The van der Waals surface area contributed by atoms with Crippen molar-refractivity contribution in [1.82, 2.24) is 4.90 Å². The fourth-order valence-electron chi connectivity index (χ4n) is 2.09. The smallest absolute Gasteiger partial charge is 0.334 e. The van der Waals surface area contributed by atoms with Crippen molar-refractivity contribution in [2.45, 2.75) is 30.0 Å². The molecule has 1 fully saturated rings. The predicted molar refractivity (Wildman–Crippen MR) is 73.5 cm³/mol. The Morgan fingerprint density at radius 3 is 2.61 bits per heavy atom. The van der Waals surface area contributed by atoms with Crippen molar-refractivity contribution in [3.63, 3.8) is 0 Å². The van der Waals surface area contributed by atoms with Crippen molar-refractivity contribution in [2.24, 2.45) is 0 Å². The van der Waals surface area contributed by atoms with Crippen LogP contribution in [-0.2, 0) is 9.53 Å². The molecule has 0 aromatic heterocycles. The van der Waals surface area contributed by atoms with Gasteiger partial charge in [-0.15, -0.1) is 0 Å². The third-order valence-corrected chi connectivity index (χ3v) is 4.21. The van der Waals surface area contributed by atoms with E-state index in [0.717, 1.165) is 18.0 Å². The molecule has 1 heterocycles. The van der Waals surface area contributed by atoms with E-state index in [1.807, 2.05) is 37.3 Å². The number of likely N-dealkylation sites (tertiary alicyclic amines) is 1. The Hall–Kier alpha value is -1.00. The first-order valence-corrected chi connectivity index (χ1v) is 7.31. The summed E-state index contributed by atoms with van der Waals surface area (Å²) in [6.45, 7) is 4.28. The Kier molecular flexibility index (Phi) is 5.08. The molecule has 1 aliphatic rings. The van der Waals surface area contributed by atoms with Gasteiger partial charge in [0.25, 0.3) is 0 Å². The van der Waals surface area contributed by atoms with Gasteiger partial charge >= 0.3 is 5.97 Å². The molecule has 4 heteroatoms. The minimum atomic E-state index is -0.199. The summed E-state index contributed by atoms with van der Waals surface area (Å²) >= 11 is 1.59. The number of carbonyl (C=O) groups excluding carboxylic acids is 1. The van der Waals surface area contributed by atoms with Crippen molar-refractivity contribution < 1.29 is 9.53 Å². The topological polar surface area (TPSA) is 29.5 Å². The number of carbonyl (C=O) groups is 1. The van der Waals surface area contributed by atoms with Gasteiger partial charge in [-0.05, 0) is 45.0 Å². The van der Waals surface area contributed by atoms with Gasteiger partial charge in [0.05, 0.1) is 6.61 Å². The maximum atomic E-state index is 12.0. The molecule has 1 aliphatic heterocycles. The summed E-state index contributed by atoms with van der Waals surface area (Å²) in [5, 5.41) is -0.199. The Labute approximate surface area is 113 Å². The predicted octanol–water partition coefficient (Wildman–Crippen LogP) is 2.76. The van der Waals surface area contributed by atoms with E-state index in [4.69, 9.17) is 4.74 Å². The maximum Gasteiger partial charge on any atom is 0.334 e. The van der Waals surface area contributed by atoms with Crippen molar-refractivity contribution in [2.75, 3.05) is 19.7 Å². The lowest BCUT2D eigenvalue weighted by molar-refractivity contribution is -0.145. The summed E-state index contributed by atoms with van der Waals surface area (Å²) in [4.78, 5) is 15.4. The number of rotatable bonds is 5. The Morgan fingerprint density at radius 1 is 1.33 bits per heavy atom. The molecule has 3 nitrogen and oxygen atoms in total. The SMILES string of the molecule is CCOC(=O)C(Sc1ccccc1)N1CCCC1. The lowest BCUT2D eigenvalue weighted by Crippen LogP contribution is -2.37. The van der Waals surface area contributed by atoms with E-state index < -0.39 is 0 Å². The van der Waals surface area contributed by atoms with Gasteiger partial charge in [-0.1, -0.05) is 30.0 Å². The molecule has 1 aromatic rings. The number of ether oxygens (including phenoxy) is 1. The highest BCUT2D eigenvalue weighted by molar-refractivity contribution is 8.00. The number of benzene rings is 1. The molecule has 0 aliphatic carbocycles. The number of nitrogens with zero attached hydrogens (tertiary/aromatic N) is 1. The van der Waals surface area contributed by atoms with E-state index in [9.17, 15) is 4.79 Å². The minimum absolute atomic E-state index is 0.117. The lowest BCUT2D eigenvalue weighted by atomic mass is 10.4. The van der Waals surface area contributed by atoms with Gasteiger partial charge in [-0.25, -0.2) is 4.79 Å². The molecule has 1 atom stereocenters. The molecular weight excluding hydrogens is 246 g/mol. The Balaban J connectivity index is 2.06. The number of hydrogen-bond acceptors (Lipinski definition) is 4. The molecule has 1 aromatic carbocycles. The van der Waals surface area contributed by atoms with Crippen molar-refractivity contribution in [1.29, 1.82) is 0 Å². The van der Waals surface area contributed by atoms with Crippen LogP contribution in [0.1, 0.15) is 19.8 Å². The van der Waals surface area contributed by atoms with Gasteiger partial charge in [0, 0.05) is 4.90 Å². The summed E-state index contributed by atoms with van der Waals surface area (Å²) in [5.41, 5.74) is 0. The van der Waals surface area contributed by atoms with Gasteiger partial charge in [0.15, 0.2) is 5.37 Å². The highest BCUT2D eigenvalue weighted by Gasteiger charge is 2.30. The fraction of sp³-hybridized carbons (Fsp3) is 0.500. The second-order valence-electron chi connectivity index (χ2n) is 4.28. The van der Waals surface area contributed by atoms with Crippen LogP contribution in [0.15, 0.2) is 35.2 Å². The van der Waals surface area contributed by atoms with E-state index in [1.165, 1.54) is 12.8 Å². The van der Waals surface area contributed by atoms with Crippen LogP contribution in [0, 0.1) is 0 Å². The highest BCUT2D eigenvalue weighted by Crippen LogP contribution is 2.28. The second-order valence-corrected chi connectivity index (χ2v) is 5.43. The maximum absolute atomic E-state index is 12.0. The molecule has 1 unspecified atom stereocenters. The zero-order valence-electron chi connectivity index (χ0n) is 10.7. The molecule has 2 rings (SSSR count). The van der Waals surface area contributed by atoms with Gasteiger partial charge in [0.1, 0.15) is 0 Å². The molecule has 1 saturated heterocycles. The average molecular weight is 265 g/mol. The van der Waals surface area contributed by atoms with Crippen LogP contribution in [0.3, 0.4) is 0 Å². The molecule has 0 amide bonds. The third kappa shape index (κ3) is 3.50. The van der Waals surface area contributed by atoms with Crippen LogP contribution in [0.2, 0.25) is 0 Å². The van der Waals surface area contributed by atoms with E-state index in [-0.39, 0.29) is 11.3 Å². The van der Waals surface area contributed by atoms with E-state index in [1.54, 1.807) is 11.8 Å². The summed E-state index contributed by atoms with van der Waals surface area (Å²) in [7, 11) is 0. The number of thioether (sulfide) groups is 1. The van der Waals surface area contributed by atoms with Gasteiger partial charge in [-0.2, -0.15) is 0 Å². The zero-order valence-corrected chi connectivity index (χ0v) is 11.5. The Bertz CT molecular complexity index is 377. The first-order valence-electron chi connectivity index (χ1n) is 6.43. The molecule has 98 valence electrons. The van der Waals surface area contributed by atoms with E-state index >= 15 is 0 Å². The molecule has 0 saturated carbocycles. The van der Waals surface area contributed by atoms with Crippen molar-refractivity contribution >= 4 is 17.7 Å². The minimum Gasteiger partial charge on any atom is -0.464 e. The first-order chi connectivity index (χ1) is 8.81. The van der Waals surface area contributed by atoms with Gasteiger partial charge in [0.2, 0.25) is 0 Å². The quantitative estimate of drug-likeness (QED) is 0.605. The van der Waals surface area contributed by atoms with Crippen LogP contribution >= 0.6 is 11.8 Å². The first kappa shape index (κ1) is 13.4. The van der Waals surface area contributed by atoms with Crippen LogP contribution in [0.25, 0.3) is 0 Å². The third-order valence-electron chi connectivity index (χ3n) is 2.95. The normalized spacial score (nSPS) is 17.6. The summed E-state index contributed by atoms with van der Waals surface area (Å²) < 4.78 is 5.19. The van der Waals surface area contributed by atoms with Crippen molar-refractivity contribution in [3.8, 4) is 0 Å². The Morgan fingerprint density at radius 2 is 2.00 bits per heavy atom. The molecule has 18 heavy (non-hydrogen) atoms. The van der Waals surface area contributed by atoms with Crippen molar-refractivity contribution in [3.05, 3.63) is 30.3 Å². The number of esters is 1. The van der Waals surface area contributed by atoms with Gasteiger partial charge in [-0.3, -0.25) is 4.90 Å². The standard InChI is InChI=1S/C14H19NO2S/c1-2-17-14(16)13(15-10-6-7-11-15)18-12-8-4-3-5-9-12/h3-5,8-9,13H,2,6-7,10-11H2,1H3. The summed E-state index contributed by atoms with van der Waals surface area (Å²) in [6, 6.07) is 10.0. The van der Waals surface area contributed by atoms with E-state index in [0.29, 0.717) is 6.61 Å². The molecule has 0 radical (unpaired) electrons. The van der Waals surface area contributed by atoms with Gasteiger partial charge < -0.3 is 4.74 Å². The second kappa shape index (κ2) is 6.81. The molecular formula is C14H19NO2S. The van der Waals surface area contributed by atoms with Crippen LogP contribution < -0.4 is 0 Å². The van der Waals surface area contributed by atoms with Crippen LogP contribution in [0.4, 0.5) is 0 Å². The molecule has 0 bridgehead atoms. The summed E-state index contributed by atoms with van der Waals surface area (Å²) in [6.07, 6.45) is 2.34. The molecule has 0 N–H and O–H groups in total. The van der Waals surface area contributed by atoms with Crippen LogP contribution in [-0.4, -0.2) is 35.9 Å². The fourth-order valence-corrected chi connectivity index (χ4v) is 3.19. The number of hydrogen-bond donors (Lipinski definition) is 0. The lowest BCUT2D eigenvalue weighted by Gasteiger charge is -2.24. The zero-order chi connectivity index (χ0) is 12.8. The summed E-state index contributed by atoms with van der Waals surface area (Å²) in [5.74, 6) is -0.117. The average Bonchev–Trinajstić information content (AvgIpc) is 2.91. The van der Waals surface area contributed by atoms with E-state index in [2.05, 4.69) is 4.90 Å². The largest absolute Gasteiger partial charge is 0.464 e. The molecule has 0 spiro atoms. The monoisotopic (exact) mass is 265 g/mol.